The third-order valence-corrected chi connectivity index (χ3v) is 5.32. The van der Waals surface area contributed by atoms with Gasteiger partial charge in [-0.2, -0.15) is 0 Å². The quantitative estimate of drug-likeness (QED) is 0.912. The molecule has 1 aromatic heterocycles. The number of hydrogen-bond acceptors (Lipinski definition) is 4. The molecule has 6 heteroatoms. The monoisotopic (exact) mass is 282 g/mol. The zero-order valence-electron chi connectivity index (χ0n) is 9.80. The van der Waals surface area contributed by atoms with Crippen LogP contribution < -0.4 is 5.32 Å². The van der Waals surface area contributed by atoms with Crippen LogP contribution in [0.3, 0.4) is 0 Å². The van der Waals surface area contributed by atoms with Crippen molar-refractivity contribution in [3.8, 4) is 0 Å². The predicted molar refractivity (Wildman–Crippen MR) is 72.4 cm³/mol. The van der Waals surface area contributed by atoms with Gasteiger partial charge in [0.15, 0.2) is 0 Å². The minimum atomic E-state index is -0.0325. The second kappa shape index (κ2) is 4.93. The van der Waals surface area contributed by atoms with Gasteiger partial charge < -0.3 is 10.2 Å². The van der Waals surface area contributed by atoms with Crippen molar-refractivity contribution in [1.82, 2.24) is 10.2 Å². The van der Waals surface area contributed by atoms with Crippen LogP contribution in [-0.2, 0) is 9.59 Å². The lowest BCUT2D eigenvalue weighted by atomic mass is 10.3. The van der Waals surface area contributed by atoms with E-state index in [-0.39, 0.29) is 23.7 Å². The number of carbonyl (C=O) groups is 2. The molecule has 2 heterocycles. The van der Waals surface area contributed by atoms with E-state index in [0.717, 1.165) is 17.7 Å². The average molecular weight is 282 g/mol. The number of rotatable bonds is 4. The molecule has 3 rings (SSSR count). The van der Waals surface area contributed by atoms with Crippen LogP contribution in [0.15, 0.2) is 17.5 Å². The molecule has 4 nitrogen and oxygen atoms in total. The molecule has 0 bridgehead atoms. The van der Waals surface area contributed by atoms with Gasteiger partial charge in [-0.05, 0) is 24.3 Å². The minimum Gasteiger partial charge on any atom is -0.352 e. The summed E-state index contributed by atoms with van der Waals surface area (Å²) < 4.78 is 0. The zero-order valence-corrected chi connectivity index (χ0v) is 11.4. The van der Waals surface area contributed by atoms with Crippen LogP contribution in [0, 0.1) is 0 Å². The van der Waals surface area contributed by atoms with Crippen LogP contribution in [0.5, 0.6) is 0 Å². The van der Waals surface area contributed by atoms with Gasteiger partial charge in [0.2, 0.25) is 11.8 Å². The van der Waals surface area contributed by atoms with Crippen molar-refractivity contribution in [3.05, 3.63) is 22.4 Å². The molecule has 0 radical (unpaired) electrons. The van der Waals surface area contributed by atoms with Gasteiger partial charge in [0.25, 0.3) is 0 Å². The third kappa shape index (κ3) is 2.54. The largest absolute Gasteiger partial charge is 0.352 e. The lowest BCUT2D eigenvalue weighted by molar-refractivity contribution is -0.133. The van der Waals surface area contributed by atoms with Crippen molar-refractivity contribution >= 4 is 34.9 Å². The summed E-state index contributed by atoms with van der Waals surface area (Å²) in [5.41, 5.74) is 0. The summed E-state index contributed by atoms with van der Waals surface area (Å²) in [5.74, 6) is 0.499. The number of thioether (sulfide) groups is 1. The fraction of sp³-hybridized carbons (Fsp3) is 0.500. The van der Waals surface area contributed by atoms with Crippen molar-refractivity contribution < 1.29 is 9.59 Å². The van der Waals surface area contributed by atoms with Gasteiger partial charge in [-0.15, -0.1) is 23.1 Å². The Kier molecular flexibility index (Phi) is 3.30. The van der Waals surface area contributed by atoms with Crippen LogP contribution in [0.2, 0.25) is 0 Å². The summed E-state index contributed by atoms with van der Waals surface area (Å²) >= 11 is 3.23. The number of thiophene rings is 1. The maximum absolute atomic E-state index is 11.8. The highest BCUT2D eigenvalue weighted by Crippen LogP contribution is 2.40. The maximum Gasteiger partial charge on any atom is 0.239 e. The van der Waals surface area contributed by atoms with Gasteiger partial charge >= 0.3 is 0 Å². The van der Waals surface area contributed by atoms with Gasteiger partial charge in [-0.1, -0.05) is 6.07 Å². The highest BCUT2D eigenvalue weighted by molar-refractivity contribution is 8.00. The molecule has 96 valence electrons. The maximum atomic E-state index is 11.8. The van der Waals surface area contributed by atoms with E-state index in [9.17, 15) is 9.59 Å². The predicted octanol–water partition coefficient (Wildman–Crippen LogP) is 1.60. The number of carbonyl (C=O) groups excluding carboxylic acids is 2. The van der Waals surface area contributed by atoms with Crippen LogP contribution in [0.4, 0.5) is 0 Å². The van der Waals surface area contributed by atoms with Crippen molar-refractivity contribution in [2.45, 2.75) is 24.3 Å². The molecule has 1 aromatic rings. The Bertz CT molecular complexity index is 457. The van der Waals surface area contributed by atoms with Crippen molar-refractivity contribution in [2.24, 2.45) is 0 Å². The van der Waals surface area contributed by atoms with E-state index < -0.39 is 0 Å². The van der Waals surface area contributed by atoms with E-state index in [4.69, 9.17) is 0 Å². The van der Waals surface area contributed by atoms with E-state index in [1.165, 1.54) is 0 Å². The van der Waals surface area contributed by atoms with E-state index >= 15 is 0 Å². The zero-order chi connectivity index (χ0) is 12.5. The molecule has 0 spiro atoms. The summed E-state index contributed by atoms with van der Waals surface area (Å²) in [6.07, 6.45) is 2.14. The summed E-state index contributed by atoms with van der Waals surface area (Å²) in [6, 6.07) is 4.35. The minimum absolute atomic E-state index is 0.0162. The van der Waals surface area contributed by atoms with Crippen LogP contribution in [-0.4, -0.2) is 35.1 Å². The molecule has 2 amide bonds. The van der Waals surface area contributed by atoms with E-state index in [0.29, 0.717) is 11.8 Å². The van der Waals surface area contributed by atoms with Gasteiger partial charge in [0, 0.05) is 10.9 Å². The second-order valence-electron chi connectivity index (χ2n) is 4.54. The molecule has 1 atom stereocenters. The number of nitrogens with zero attached hydrogens (tertiary/aromatic N) is 1. The Hall–Kier alpha value is -1.01. The van der Waals surface area contributed by atoms with E-state index in [1.54, 1.807) is 28.0 Å². The Morgan fingerprint density at radius 1 is 1.50 bits per heavy atom. The smallest absolute Gasteiger partial charge is 0.239 e. The molecule has 1 N–H and O–H groups in total. The standard InChI is InChI=1S/C12H14N2O2S2/c15-10(13-8-3-4-8)6-14-11(16)7-18-12(14)9-2-1-5-17-9/h1-2,5,8,12H,3-4,6-7H2,(H,13,15)/t12-/m1/s1. The fourth-order valence-electron chi connectivity index (χ4n) is 1.95. The summed E-state index contributed by atoms with van der Waals surface area (Å²) in [4.78, 5) is 26.5. The molecule has 1 saturated carbocycles. The molecule has 18 heavy (non-hydrogen) atoms. The topological polar surface area (TPSA) is 49.4 Å². The third-order valence-electron chi connectivity index (χ3n) is 3.01. The lowest BCUT2D eigenvalue weighted by Gasteiger charge is -2.22. The van der Waals surface area contributed by atoms with Gasteiger partial charge in [-0.3, -0.25) is 9.59 Å². The first-order valence-electron chi connectivity index (χ1n) is 5.98. The van der Waals surface area contributed by atoms with E-state index in [1.807, 2.05) is 17.5 Å². The summed E-state index contributed by atoms with van der Waals surface area (Å²) in [5, 5.41) is 4.95. The molecular formula is C12H14N2O2S2. The SMILES string of the molecule is O=C(CN1C(=O)CS[C@@H]1c1cccs1)NC1CC1. The van der Waals surface area contributed by atoms with Gasteiger partial charge in [0.05, 0.1) is 5.75 Å². The number of nitrogens with one attached hydrogen (secondary N) is 1. The Labute approximate surface area is 114 Å². The molecule has 0 aromatic carbocycles. The summed E-state index contributed by atoms with van der Waals surface area (Å²) in [7, 11) is 0. The Morgan fingerprint density at radius 3 is 3.00 bits per heavy atom. The molecular weight excluding hydrogens is 268 g/mol. The normalized spacial score (nSPS) is 23.4. The molecule has 1 aliphatic carbocycles. The number of hydrogen-bond donors (Lipinski definition) is 1. The van der Waals surface area contributed by atoms with E-state index in [2.05, 4.69) is 5.32 Å². The molecule has 0 unspecified atom stereocenters. The number of amides is 2. The summed E-state index contributed by atoms with van der Waals surface area (Å²) in [6.45, 7) is 0.185. The molecule has 2 fully saturated rings. The Balaban J connectivity index is 1.67. The molecule has 1 aliphatic heterocycles. The van der Waals surface area contributed by atoms with Crippen LogP contribution >= 0.6 is 23.1 Å². The first-order chi connectivity index (χ1) is 8.74. The highest BCUT2D eigenvalue weighted by atomic mass is 32.2. The molecule has 1 saturated heterocycles. The van der Waals surface area contributed by atoms with Crippen LogP contribution in [0.25, 0.3) is 0 Å². The van der Waals surface area contributed by atoms with Crippen molar-refractivity contribution in [2.75, 3.05) is 12.3 Å². The van der Waals surface area contributed by atoms with Crippen molar-refractivity contribution in [1.29, 1.82) is 0 Å². The fourth-order valence-corrected chi connectivity index (χ4v) is 4.12. The van der Waals surface area contributed by atoms with Gasteiger partial charge in [-0.25, -0.2) is 0 Å². The Morgan fingerprint density at radius 2 is 2.33 bits per heavy atom. The highest BCUT2D eigenvalue weighted by Gasteiger charge is 2.35. The first-order valence-corrected chi connectivity index (χ1v) is 7.91. The second-order valence-corrected chi connectivity index (χ2v) is 6.59. The lowest BCUT2D eigenvalue weighted by Crippen LogP contribution is -2.39. The average Bonchev–Trinajstić information content (AvgIpc) is 2.87. The van der Waals surface area contributed by atoms with Crippen LogP contribution in [0.1, 0.15) is 23.1 Å². The molecule has 2 aliphatic rings. The van der Waals surface area contributed by atoms with Gasteiger partial charge in [0.1, 0.15) is 11.9 Å². The first kappa shape index (κ1) is 12.0. The van der Waals surface area contributed by atoms with Crippen molar-refractivity contribution in [3.63, 3.8) is 0 Å².